The van der Waals surface area contributed by atoms with Crippen molar-refractivity contribution in [2.24, 2.45) is 0 Å². The third-order valence-electron chi connectivity index (χ3n) is 3.65. The van der Waals surface area contributed by atoms with Crippen LogP contribution >= 0.6 is 0 Å². The molecule has 2 rings (SSSR count). The highest BCUT2D eigenvalue weighted by atomic mass is 16.2. The van der Waals surface area contributed by atoms with Crippen molar-refractivity contribution in [1.82, 2.24) is 10.2 Å². The quantitative estimate of drug-likeness (QED) is 0.884. The predicted octanol–water partition coefficient (Wildman–Crippen LogP) is 2.27. The number of amides is 1. The molecule has 0 aromatic heterocycles. The van der Waals surface area contributed by atoms with Crippen molar-refractivity contribution in [2.75, 3.05) is 20.1 Å². The Hall–Kier alpha value is -1.35. The predicted molar refractivity (Wildman–Crippen MR) is 73.4 cm³/mol. The summed E-state index contributed by atoms with van der Waals surface area (Å²) in [6.07, 6.45) is 2.89. The Bertz CT molecular complexity index is 399. The molecule has 1 amide bonds. The second-order valence-electron chi connectivity index (χ2n) is 5.05. The lowest BCUT2D eigenvalue weighted by Gasteiger charge is -2.30. The molecular weight excluding hydrogens is 224 g/mol. The largest absolute Gasteiger partial charge is 0.341 e. The van der Waals surface area contributed by atoms with Gasteiger partial charge in [-0.3, -0.25) is 4.79 Å². The van der Waals surface area contributed by atoms with E-state index >= 15 is 0 Å². The van der Waals surface area contributed by atoms with Crippen molar-refractivity contribution in [3.05, 3.63) is 35.4 Å². The summed E-state index contributed by atoms with van der Waals surface area (Å²) in [4.78, 5) is 13.8. The molecule has 0 spiro atoms. The minimum Gasteiger partial charge on any atom is -0.341 e. The van der Waals surface area contributed by atoms with Crippen LogP contribution in [0.1, 0.15) is 36.4 Å². The van der Waals surface area contributed by atoms with Crippen molar-refractivity contribution >= 4 is 5.91 Å². The van der Waals surface area contributed by atoms with Crippen molar-refractivity contribution in [2.45, 2.75) is 32.2 Å². The van der Waals surface area contributed by atoms with Crippen LogP contribution in [0.2, 0.25) is 0 Å². The summed E-state index contributed by atoms with van der Waals surface area (Å²) < 4.78 is 0. The van der Waals surface area contributed by atoms with Crippen LogP contribution < -0.4 is 5.32 Å². The van der Waals surface area contributed by atoms with Gasteiger partial charge in [0, 0.05) is 25.6 Å². The first-order valence-electron chi connectivity index (χ1n) is 6.72. The summed E-state index contributed by atoms with van der Waals surface area (Å²) >= 11 is 0. The molecule has 1 aliphatic rings. The number of carbonyl (C=O) groups excluding carboxylic acids is 1. The van der Waals surface area contributed by atoms with E-state index in [1.54, 1.807) is 0 Å². The average Bonchev–Trinajstić information content (AvgIpc) is 2.39. The molecule has 1 heterocycles. The van der Waals surface area contributed by atoms with E-state index in [-0.39, 0.29) is 6.04 Å². The Kier molecular flexibility index (Phi) is 4.37. The van der Waals surface area contributed by atoms with Gasteiger partial charge in [-0.15, -0.1) is 0 Å². The molecule has 1 aromatic carbocycles. The van der Waals surface area contributed by atoms with Gasteiger partial charge in [-0.2, -0.15) is 0 Å². The van der Waals surface area contributed by atoms with Gasteiger partial charge in [-0.05, 0) is 32.4 Å². The highest BCUT2D eigenvalue weighted by molar-refractivity contribution is 5.76. The number of likely N-dealkylation sites (N-methyl/N-ethyl adjacent to an activating group) is 1. The Labute approximate surface area is 109 Å². The number of likely N-dealkylation sites (tertiary alicyclic amines) is 1. The van der Waals surface area contributed by atoms with Gasteiger partial charge in [0.1, 0.15) is 0 Å². The van der Waals surface area contributed by atoms with E-state index in [4.69, 9.17) is 0 Å². The third kappa shape index (κ3) is 3.10. The zero-order valence-corrected chi connectivity index (χ0v) is 11.3. The number of nitrogens with one attached hydrogen (secondary N) is 1. The van der Waals surface area contributed by atoms with Crippen LogP contribution in [0.25, 0.3) is 0 Å². The van der Waals surface area contributed by atoms with E-state index in [0.29, 0.717) is 12.3 Å². The van der Waals surface area contributed by atoms with E-state index in [2.05, 4.69) is 36.5 Å². The fourth-order valence-electron chi connectivity index (χ4n) is 2.44. The summed E-state index contributed by atoms with van der Waals surface area (Å²) in [7, 11) is 1.96. The maximum atomic E-state index is 11.8. The summed E-state index contributed by atoms with van der Waals surface area (Å²) in [6, 6.07) is 8.76. The fraction of sp³-hybridized carbons (Fsp3) is 0.533. The molecule has 0 saturated carbocycles. The molecule has 0 radical (unpaired) electrons. The summed E-state index contributed by atoms with van der Waals surface area (Å²) in [6.45, 7) is 3.77. The molecule has 0 aliphatic carbocycles. The summed E-state index contributed by atoms with van der Waals surface area (Å²) in [5.41, 5.74) is 2.52. The number of piperidine rings is 1. The summed E-state index contributed by atoms with van der Waals surface area (Å²) in [5.74, 6) is 0.300. The number of nitrogens with zero attached hydrogens (tertiary/aromatic N) is 1. The monoisotopic (exact) mass is 246 g/mol. The first-order valence-corrected chi connectivity index (χ1v) is 6.72. The van der Waals surface area contributed by atoms with Crippen molar-refractivity contribution in [1.29, 1.82) is 0 Å². The SMILES string of the molecule is CNC(CN1CCCCC1=O)c1ccc(C)cc1. The maximum absolute atomic E-state index is 11.8. The van der Waals surface area contributed by atoms with Crippen molar-refractivity contribution in [3.63, 3.8) is 0 Å². The zero-order chi connectivity index (χ0) is 13.0. The molecule has 3 heteroatoms. The second-order valence-corrected chi connectivity index (χ2v) is 5.05. The second kappa shape index (κ2) is 6.01. The molecular formula is C15H22N2O. The lowest BCUT2D eigenvalue weighted by molar-refractivity contribution is -0.133. The van der Waals surface area contributed by atoms with Crippen LogP contribution in [-0.2, 0) is 4.79 Å². The molecule has 1 fully saturated rings. The van der Waals surface area contributed by atoms with Crippen LogP contribution in [0.4, 0.5) is 0 Å². The number of hydrogen-bond acceptors (Lipinski definition) is 2. The molecule has 1 atom stereocenters. The van der Waals surface area contributed by atoms with E-state index in [1.807, 2.05) is 11.9 Å². The van der Waals surface area contributed by atoms with Gasteiger partial charge in [-0.25, -0.2) is 0 Å². The number of hydrogen-bond donors (Lipinski definition) is 1. The molecule has 1 saturated heterocycles. The fourth-order valence-corrected chi connectivity index (χ4v) is 2.44. The Morgan fingerprint density at radius 1 is 1.28 bits per heavy atom. The lowest BCUT2D eigenvalue weighted by atomic mass is 10.0. The van der Waals surface area contributed by atoms with E-state index in [0.717, 1.165) is 25.9 Å². The van der Waals surface area contributed by atoms with Gasteiger partial charge < -0.3 is 10.2 Å². The molecule has 1 aromatic rings. The third-order valence-corrected chi connectivity index (χ3v) is 3.65. The highest BCUT2D eigenvalue weighted by Crippen LogP contribution is 2.18. The molecule has 1 aliphatic heterocycles. The first kappa shape index (κ1) is 13.1. The van der Waals surface area contributed by atoms with Gasteiger partial charge in [0.2, 0.25) is 5.91 Å². The van der Waals surface area contributed by atoms with Crippen LogP contribution in [-0.4, -0.2) is 30.9 Å². The maximum Gasteiger partial charge on any atom is 0.222 e. The minimum atomic E-state index is 0.229. The normalized spacial score (nSPS) is 17.9. The van der Waals surface area contributed by atoms with E-state index < -0.39 is 0 Å². The van der Waals surface area contributed by atoms with Gasteiger partial charge in [0.15, 0.2) is 0 Å². The van der Waals surface area contributed by atoms with Gasteiger partial charge in [-0.1, -0.05) is 29.8 Å². The average molecular weight is 246 g/mol. The van der Waals surface area contributed by atoms with E-state index in [1.165, 1.54) is 11.1 Å². The minimum absolute atomic E-state index is 0.229. The van der Waals surface area contributed by atoms with Crippen LogP contribution in [0, 0.1) is 6.92 Å². The van der Waals surface area contributed by atoms with Gasteiger partial charge >= 0.3 is 0 Å². The molecule has 3 nitrogen and oxygen atoms in total. The number of aryl methyl sites for hydroxylation is 1. The number of carbonyl (C=O) groups is 1. The molecule has 1 unspecified atom stereocenters. The Morgan fingerprint density at radius 3 is 2.61 bits per heavy atom. The number of benzene rings is 1. The van der Waals surface area contributed by atoms with Crippen molar-refractivity contribution < 1.29 is 4.79 Å². The smallest absolute Gasteiger partial charge is 0.222 e. The van der Waals surface area contributed by atoms with E-state index in [9.17, 15) is 4.79 Å². The van der Waals surface area contributed by atoms with Crippen LogP contribution in [0.3, 0.4) is 0 Å². The molecule has 98 valence electrons. The van der Waals surface area contributed by atoms with Crippen LogP contribution in [0.5, 0.6) is 0 Å². The lowest BCUT2D eigenvalue weighted by Crippen LogP contribution is -2.40. The first-order chi connectivity index (χ1) is 8.70. The Morgan fingerprint density at radius 2 is 2.00 bits per heavy atom. The van der Waals surface area contributed by atoms with Crippen LogP contribution in [0.15, 0.2) is 24.3 Å². The number of rotatable bonds is 4. The standard InChI is InChI=1S/C15H22N2O/c1-12-6-8-13(9-7-12)14(16-2)11-17-10-4-3-5-15(17)18/h6-9,14,16H,3-5,10-11H2,1-2H3. The van der Waals surface area contributed by atoms with Gasteiger partial charge in [0.05, 0.1) is 0 Å². The Balaban J connectivity index is 2.04. The molecule has 1 N–H and O–H groups in total. The molecule has 18 heavy (non-hydrogen) atoms. The molecule has 0 bridgehead atoms. The van der Waals surface area contributed by atoms with Crippen molar-refractivity contribution in [3.8, 4) is 0 Å². The highest BCUT2D eigenvalue weighted by Gasteiger charge is 2.21. The summed E-state index contributed by atoms with van der Waals surface area (Å²) in [5, 5.41) is 3.31. The topological polar surface area (TPSA) is 32.3 Å². The zero-order valence-electron chi connectivity index (χ0n) is 11.3. The van der Waals surface area contributed by atoms with Gasteiger partial charge in [0.25, 0.3) is 0 Å².